The van der Waals surface area contributed by atoms with Gasteiger partial charge in [-0.2, -0.15) is 0 Å². The highest BCUT2D eigenvalue weighted by molar-refractivity contribution is 6.47. The second-order valence-electron chi connectivity index (χ2n) is 13.3. The number of carbonyl (C=O) groups is 1. The fraction of sp³-hybridized carbons (Fsp3) is 0.750. The van der Waals surface area contributed by atoms with Gasteiger partial charge in [-0.1, -0.05) is 39.8 Å². The Morgan fingerprint density at radius 2 is 1.86 bits per heavy atom. The average molecular weight is 484 g/mol. The second kappa shape index (κ2) is 9.39. The van der Waals surface area contributed by atoms with Crippen LogP contribution in [0.4, 0.5) is 0 Å². The van der Waals surface area contributed by atoms with Crippen molar-refractivity contribution in [1.82, 2.24) is 5.32 Å². The summed E-state index contributed by atoms with van der Waals surface area (Å²) in [7, 11) is -0.437. The Morgan fingerprint density at radius 1 is 1.20 bits per heavy atom. The van der Waals surface area contributed by atoms with E-state index in [-0.39, 0.29) is 34.6 Å². The normalized spacial score (nSPS) is 30.9. The van der Waals surface area contributed by atoms with Crippen molar-refractivity contribution in [2.45, 2.75) is 110 Å². The lowest BCUT2D eigenvalue weighted by Gasteiger charge is -2.64. The van der Waals surface area contributed by atoms with Gasteiger partial charge in [0.05, 0.1) is 23.7 Å². The molecule has 3 aliphatic carbocycles. The molecule has 3 N–H and O–H groups in total. The number of hydrogen-bond donors (Lipinski definition) is 2. The standard InChI is InChI=1S/C28H45BN2O4/c1-17(2)13-24(29-34-23-16-19-15-22(27(19,6)7)28(23,8)35-29)31-25(32)21(30)14-18-9-11-20(12-10-18)33-26(3,4)5/h9-12,17,19,21-24H,13-16,30H2,1-8H3,(H,31,32)/t19-,21-,22-,23+,24-,28-/m0/s1. The number of amides is 1. The number of nitrogens with two attached hydrogens (primary N) is 1. The molecule has 35 heavy (non-hydrogen) atoms. The van der Waals surface area contributed by atoms with Gasteiger partial charge in [0.2, 0.25) is 5.91 Å². The zero-order valence-corrected chi connectivity index (χ0v) is 22.9. The van der Waals surface area contributed by atoms with Crippen LogP contribution in [0.25, 0.3) is 0 Å². The zero-order chi connectivity index (χ0) is 25.8. The van der Waals surface area contributed by atoms with Gasteiger partial charge in [0, 0.05) is 0 Å². The molecule has 4 fully saturated rings. The molecule has 6 nitrogen and oxygen atoms in total. The molecular formula is C28H45BN2O4. The summed E-state index contributed by atoms with van der Waals surface area (Å²) in [5, 5.41) is 3.19. The van der Waals surface area contributed by atoms with Crippen LogP contribution in [-0.2, 0) is 20.5 Å². The summed E-state index contributed by atoms with van der Waals surface area (Å²) in [6.07, 6.45) is 3.58. The number of benzene rings is 1. The van der Waals surface area contributed by atoms with Gasteiger partial charge in [-0.05, 0) is 94.2 Å². The fourth-order valence-electron chi connectivity index (χ4n) is 6.50. The van der Waals surface area contributed by atoms with Crippen molar-refractivity contribution < 1.29 is 18.8 Å². The van der Waals surface area contributed by atoms with Crippen molar-refractivity contribution >= 4 is 13.0 Å². The lowest BCUT2D eigenvalue weighted by molar-refractivity contribution is -0.199. The molecule has 2 bridgehead atoms. The van der Waals surface area contributed by atoms with Gasteiger partial charge >= 0.3 is 7.12 Å². The van der Waals surface area contributed by atoms with Crippen molar-refractivity contribution in [1.29, 1.82) is 0 Å². The Kier molecular flexibility index (Phi) is 7.11. The molecule has 4 aliphatic rings. The smallest absolute Gasteiger partial charge is 0.481 e. The van der Waals surface area contributed by atoms with Crippen LogP contribution in [0.15, 0.2) is 24.3 Å². The third-order valence-corrected chi connectivity index (χ3v) is 8.49. The summed E-state index contributed by atoms with van der Waals surface area (Å²) in [5.41, 5.74) is 7.10. The molecule has 3 saturated carbocycles. The highest BCUT2D eigenvalue weighted by Gasteiger charge is 2.68. The molecule has 1 saturated heterocycles. The maximum atomic E-state index is 13.1. The highest BCUT2D eigenvalue weighted by atomic mass is 16.7. The summed E-state index contributed by atoms with van der Waals surface area (Å²) in [5.74, 6) is 2.00. The Hall–Kier alpha value is -1.57. The maximum absolute atomic E-state index is 13.1. The molecule has 1 amide bonds. The first-order chi connectivity index (χ1) is 16.2. The Labute approximate surface area is 212 Å². The number of nitrogens with one attached hydrogen (secondary N) is 1. The molecule has 5 rings (SSSR count). The van der Waals surface area contributed by atoms with Crippen LogP contribution < -0.4 is 15.8 Å². The quantitative estimate of drug-likeness (QED) is 0.530. The first-order valence-electron chi connectivity index (χ1n) is 13.4. The molecule has 0 aromatic heterocycles. The minimum Gasteiger partial charge on any atom is -0.488 e. The van der Waals surface area contributed by atoms with E-state index in [4.69, 9.17) is 19.8 Å². The molecule has 7 heteroatoms. The Morgan fingerprint density at radius 3 is 2.43 bits per heavy atom. The largest absolute Gasteiger partial charge is 0.488 e. The third kappa shape index (κ3) is 5.42. The van der Waals surface area contributed by atoms with Crippen LogP contribution in [0, 0.1) is 23.2 Å². The predicted molar refractivity (Wildman–Crippen MR) is 140 cm³/mol. The fourth-order valence-corrected chi connectivity index (χ4v) is 6.50. The van der Waals surface area contributed by atoms with Crippen LogP contribution in [0.1, 0.15) is 80.2 Å². The van der Waals surface area contributed by atoms with E-state index in [1.165, 1.54) is 6.42 Å². The monoisotopic (exact) mass is 484 g/mol. The molecule has 194 valence electrons. The summed E-state index contributed by atoms with van der Waals surface area (Å²) in [4.78, 5) is 13.1. The maximum Gasteiger partial charge on any atom is 0.481 e. The van der Waals surface area contributed by atoms with Crippen molar-refractivity contribution in [3.63, 3.8) is 0 Å². The van der Waals surface area contributed by atoms with E-state index in [9.17, 15) is 4.79 Å². The van der Waals surface area contributed by atoms with Crippen LogP contribution in [0.3, 0.4) is 0 Å². The molecular weight excluding hydrogens is 439 g/mol. The van der Waals surface area contributed by atoms with Gasteiger partial charge in [0.25, 0.3) is 0 Å². The van der Waals surface area contributed by atoms with Crippen LogP contribution in [-0.4, -0.2) is 42.3 Å². The summed E-state index contributed by atoms with van der Waals surface area (Å²) in [6, 6.07) is 7.17. The lowest BCUT2D eigenvalue weighted by Crippen LogP contribution is -2.65. The second-order valence-corrected chi connectivity index (χ2v) is 13.3. The zero-order valence-electron chi connectivity index (χ0n) is 22.9. The Bertz CT molecular complexity index is 913. The SMILES string of the molecule is CC(C)C[C@H](NC(=O)[C@@H](N)Cc1ccc(OC(C)(C)C)cc1)B1O[C@@H]2C[C@@H]3C[C@@H](C3(C)C)[C@]2(C)O1. The molecule has 0 unspecified atom stereocenters. The van der Waals surface area contributed by atoms with E-state index in [0.29, 0.717) is 24.2 Å². The molecule has 1 aromatic carbocycles. The van der Waals surface area contributed by atoms with Crippen LogP contribution in [0.5, 0.6) is 5.75 Å². The summed E-state index contributed by atoms with van der Waals surface area (Å²) >= 11 is 0. The first-order valence-corrected chi connectivity index (χ1v) is 13.4. The van der Waals surface area contributed by atoms with Gasteiger partial charge in [-0.25, -0.2) is 0 Å². The molecule has 1 aliphatic heterocycles. The van der Waals surface area contributed by atoms with E-state index >= 15 is 0 Å². The van der Waals surface area contributed by atoms with Crippen molar-refractivity contribution in [2.75, 3.05) is 0 Å². The summed E-state index contributed by atoms with van der Waals surface area (Å²) in [6.45, 7) is 17.3. The van der Waals surface area contributed by atoms with E-state index in [1.54, 1.807) is 0 Å². The first kappa shape index (κ1) is 26.5. The topological polar surface area (TPSA) is 82.8 Å². The van der Waals surface area contributed by atoms with Gasteiger partial charge in [0.1, 0.15) is 11.4 Å². The predicted octanol–water partition coefficient (Wildman–Crippen LogP) is 4.53. The Balaban J connectivity index is 1.38. The van der Waals surface area contributed by atoms with E-state index < -0.39 is 13.2 Å². The number of ether oxygens (including phenoxy) is 1. The van der Waals surface area contributed by atoms with Crippen LogP contribution in [0.2, 0.25) is 0 Å². The van der Waals surface area contributed by atoms with E-state index in [2.05, 4.69) is 39.9 Å². The number of hydrogen-bond acceptors (Lipinski definition) is 5. The van der Waals surface area contributed by atoms with Crippen molar-refractivity contribution in [3.05, 3.63) is 29.8 Å². The number of rotatable bonds is 8. The molecule has 6 atom stereocenters. The van der Waals surface area contributed by atoms with Gasteiger partial charge < -0.3 is 25.1 Å². The highest BCUT2D eigenvalue weighted by Crippen LogP contribution is 2.65. The molecule has 0 radical (unpaired) electrons. The van der Waals surface area contributed by atoms with E-state index in [1.807, 2.05) is 45.0 Å². The lowest BCUT2D eigenvalue weighted by atomic mass is 9.43. The third-order valence-electron chi connectivity index (χ3n) is 8.49. The number of carbonyl (C=O) groups excluding carboxylic acids is 1. The van der Waals surface area contributed by atoms with Gasteiger partial charge in [0.15, 0.2) is 0 Å². The molecule has 1 aromatic rings. The van der Waals surface area contributed by atoms with E-state index in [0.717, 1.165) is 24.2 Å². The van der Waals surface area contributed by atoms with Crippen molar-refractivity contribution in [2.24, 2.45) is 28.9 Å². The minimum absolute atomic E-state index is 0.0957. The average Bonchev–Trinajstić information content (AvgIpc) is 3.10. The van der Waals surface area contributed by atoms with Crippen molar-refractivity contribution in [3.8, 4) is 5.75 Å². The van der Waals surface area contributed by atoms with Gasteiger partial charge in [-0.3, -0.25) is 4.79 Å². The molecule has 0 spiro atoms. The summed E-state index contributed by atoms with van der Waals surface area (Å²) < 4.78 is 19.0. The van der Waals surface area contributed by atoms with Gasteiger partial charge in [-0.15, -0.1) is 0 Å². The van der Waals surface area contributed by atoms with Crippen LogP contribution >= 0.6 is 0 Å². The minimum atomic E-state index is -0.648. The molecule has 1 heterocycles.